The number of piperazine rings is 1. The summed E-state index contributed by atoms with van der Waals surface area (Å²) in [5.74, 6) is 0.829. The fraction of sp³-hybridized carbons (Fsp3) is 1.00. The maximum atomic E-state index is 5.66. The van der Waals surface area contributed by atoms with Gasteiger partial charge in [-0.25, -0.2) is 0 Å². The Hall–Kier alpha value is 0.210. The first-order chi connectivity index (χ1) is 7.86. The van der Waals surface area contributed by atoms with Gasteiger partial charge in [0.25, 0.3) is 0 Å². The van der Waals surface area contributed by atoms with Gasteiger partial charge in [0.05, 0.1) is 0 Å². The summed E-state index contributed by atoms with van der Waals surface area (Å²) in [6, 6.07) is 0. The molecule has 1 aliphatic rings. The Morgan fingerprint density at radius 3 is 1.94 bits per heavy atom. The first-order valence-corrected chi connectivity index (χ1v) is 7.41. The highest BCUT2D eigenvalue weighted by Crippen LogP contribution is 2.06. The summed E-state index contributed by atoms with van der Waals surface area (Å²) in [5.41, 5.74) is 0. The molecule has 1 rings (SSSR count). The van der Waals surface area contributed by atoms with Crippen molar-refractivity contribution in [2.45, 2.75) is 39.0 Å². The van der Waals surface area contributed by atoms with Crippen LogP contribution < -0.4 is 0 Å². The van der Waals surface area contributed by atoms with E-state index in [1.54, 1.807) is 0 Å². The third-order valence-corrected chi connectivity index (χ3v) is 3.63. The highest BCUT2D eigenvalue weighted by molar-refractivity contribution is 6.17. The van der Waals surface area contributed by atoms with E-state index >= 15 is 0 Å². The van der Waals surface area contributed by atoms with E-state index in [0.29, 0.717) is 0 Å². The Bertz CT molecular complexity index is 156. The van der Waals surface area contributed by atoms with Crippen molar-refractivity contribution in [1.82, 2.24) is 9.80 Å². The van der Waals surface area contributed by atoms with Gasteiger partial charge in [0.15, 0.2) is 0 Å². The third kappa shape index (κ3) is 6.07. The van der Waals surface area contributed by atoms with Gasteiger partial charge < -0.3 is 9.80 Å². The summed E-state index contributed by atoms with van der Waals surface area (Å²) in [6.45, 7) is 9.94. The minimum atomic E-state index is 0.829. The minimum Gasteiger partial charge on any atom is -0.301 e. The summed E-state index contributed by atoms with van der Waals surface area (Å²) in [4.78, 5) is 5.21. The summed E-state index contributed by atoms with van der Waals surface area (Å²) in [7, 11) is 0. The van der Waals surface area contributed by atoms with Gasteiger partial charge in [0, 0.05) is 32.1 Å². The minimum absolute atomic E-state index is 0.829. The monoisotopic (exact) mass is 246 g/mol. The number of halogens is 1. The molecule has 1 fully saturated rings. The Kier molecular flexibility index (Phi) is 8.26. The van der Waals surface area contributed by atoms with Gasteiger partial charge in [-0.2, -0.15) is 0 Å². The number of hydrogen-bond donors (Lipinski definition) is 0. The molecule has 0 aromatic carbocycles. The Balaban J connectivity index is 1.95. The highest BCUT2D eigenvalue weighted by atomic mass is 35.5. The second kappa shape index (κ2) is 9.26. The molecule has 0 radical (unpaired) electrons. The zero-order valence-corrected chi connectivity index (χ0v) is 11.5. The van der Waals surface area contributed by atoms with Crippen LogP contribution in [0.3, 0.4) is 0 Å². The largest absolute Gasteiger partial charge is 0.301 e. The van der Waals surface area contributed by atoms with Crippen LogP contribution >= 0.6 is 11.6 Å². The summed E-state index contributed by atoms with van der Waals surface area (Å²) >= 11 is 5.66. The van der Waals surface area contributed by atoms with E-state index in [0.717, 1.165) is 5.88 Å². The van der Waals surface area contributed by atoms with E-state index in [2.05, 4.69) is 16.7 Å². The van der Waals surface area contributed by atoms with E-state index in [1.807, 2.05) is 0 Å². The standard InChI is InChI=1S/C13H27ClN2/c1-2-8-15-10-12-16(13-11-15)9-6-4-3-5-7-14/h2-13H2,1H3. The van der Waals surface area contributed by atoms with Gasteiger partial charge in [-0.3, -0.25) is 0 Å². The molecule has 0 aromatic rings. The molecule has 0 spiro atoms. The lowest BCUT2D eigenvalue weighted by atomic mass is 10.2. The zero-order chi connectivity index (χ0) is 11.6. The average Bonchev–Trinajstić information content (AvgIpc) is 2.31. The maximum absolute atomic E-state index is 5.66. The van der Waals surface area contributed by atoms with Gasteiger partial charge in [0.1, 0.15) is 0 Å². The fourth-order valence-corrected chi connectivity index (χ4v) is 2.53. The number of hydrogen-bond acceptors (Lipinski definition) is 2. The van der Waals surface area contributed by atoms with Crippen molar-refractivity contribution in [3.63, 3.8) is 0 Å². The van der Waals surface area contributed by atoms with Crippen molar-refractivity contribution in [1.29, 1.82) is 0 Å². The van der Waals surface area contributed by atoms with E-state index in [4.69, 9.17) is 11.6 Å². The number of rotatable bonds is 8. The van der Waals surface area contributed by atoms with Crippen molar-refractivity contribution < 1.29 is 0 Å². The van der Waals surface area contributed by atoms with Crippen molar-refractivity contribution in [2.75, 3.05) is 45.1 Å². The lowest BCUT2D eigenvalue weighted by Crippen LogP contribution is -2.46. The molecule has 0 amide bonds. The lowest BCUT2D eigenvalue weighted by molar-refractivity contribution is 0.131. The summed E-state index contributed by atoms with van der Waals surface area (Å²) < 4.78 is 0. The van der Waals surface area contributed by atoms with E-state index in [-0.39, 0.29) is 0 Å². The molecule has 0 saturated carbocycles. The smallest absolute Gasteiger partial charge is 0.0223 e. The Morgan fingerprint density at radius 1 is 0.812 bits per heavy atom. The van der Waals surface area contributed by atoms with Crippen LogP contribution in [0, 0.1) is 0 Å². The topological polar surface area (TPSA) is 6.48 Å². The third-order valence-electron chi connectivity index (χ3n) is 3.36. The van der Waals surface area contributed by atoms with Crippen molar-refractivity contribution in [3.05, 3.63) is 0 Å². The molecule has 3 heteroatoms. The molecule has 0 atom stereocenters. The molecule has 16 heavy (non-hydrogen) atoms. The Labute approximate surface area is 106 Å². The van der Waals surface area contributed by atoms with Crippen LogP contribution in [0.1, 0.15) is 39.0 Å². The van der Waals surface area contributed by atoms with E-state index in [1.165, 1.54) is 71.4 Å². The molecule has 1 heterocycles. The SMILES string of the molecule is CCCN1CCN(CCCCCCCl)CC1. The van der Waals surface area contributed by atoms with Crippen LogP contribution in [0.2, 0.25) is 0 Å². The Morgan fingerprint density at radius 2 is 1.38 bits per heavy atom. The van der Waals surface area contributed by atoms with Crippen LogP contribution in [0.5, 0.6) is 0 Å². The van der Waals surface area contributed by atoms with Gasteiger partial charge >= 0.3 is 0 Å². The summed E-state index contributed by atoms with van der Waals surface area (Å²) in [6.07, 6.45) is 6.48. The van der Waals surface area contributed by atoms with Gasteiger partial charge in [-0.15, -0.1) is 11.6 Å². The van der Waals surface area contributed by atoms with Crippen molar-refractivity contribution in [2.24, 2.45) is 0 Å². The molecule has 0 unspecified atom stereocenters. The van der Waals surface area contributed by atoms with Gasteiger partial charge in [-0.05, 0) is 32.4 Å². The van der Waals surface area contributed by atoms with Crippen LogP contribution in [-0.4, -0.2) is 54.9 Å². The second-order valence-electron chi connectivity index (χ2n) is 4.79. The zero-order valence-electron chi connectivity index (χ0n) is 10.8. The number of unbranched alkanes of at least 4 members (excludes halogenated alkanes) is 3. The quantitative estimate of drug-likeness (QED) is 0.480. The molecule has 1 saturated heterocycles. The normalized spacial score (nSPS) is 19.1. The van der Waals surface area contributed by atoms with Crippen LogP contribution in [-0.2, 0) is 0 Å². The molecule has 0 bridgehead atoms. The molecule has 1 aliphatic heterocycles. The predicted molar refractivity (Wildman–Crippen MR) is 72.4 cm³/mol. The summed E-state index contributed by atoms with van der Waals surface area (Å²) in [5, 5.41) is 0. The lowest BCUT2D eigenvalue weighted by Gasteiger charge is -2.34. The molecule has 96 valence electrons. The number of alkyl halides is 1. The number of nitrogens with zero attached hydrogens (tertiary/aromatic N) is 2. The predicted octanol–water partition coefficient (Wildman–Crippen LogP) is 2.81. The van der Waals surface area contributed by atoms with Gasteiger partial charge in [0.2, 0.25) is 0 Å². The van der Waals surface area contributed by atoms with Crippen molar-refractivity contribution >= 4 is 11.6 Å². The van der Waals surface area contributed by atoms with Crippen LogP contribution in [0.15, 0.2) is 0 Å². The molecule has 0 aromatic heterocycles. The van der Waals surface area contributed by atoms with E-state index < -0.39 is 0 Å². The fourth-order valence-electron chi connectivity index (χ4n) is 2.34. The maximum Gasteiger partial charge on any atom is 0.0223 e. The van der Waals surface area contributed by atoms with Gasteiger partial charge in [-0.1, -0.05) is 19.8 Å². The first-order valence-electron chi connectivity index (χ1n) is 6.87. The molecular weight excluding hydrogens is 220 g/mol. The second-order valence-corrected chi connectivity index (χ2v) is 5.16. The molecule has 0 aliphatic carbocycles. The van der Waals surface area contributed by atoms with E-state index in [9.17, 15) is 0 Å². The molecule has 0 N–H and O–H groups in total. The average molecular weight is 247 g/mol. The van der Waals surface area contributed by atoms with Crippen LogP contribution in [0.4, 0.5) is 0 Å². The van der Waals surface area contributed by atoms with Crippen LogP contribution in [0.25, 0.3) is 0 Å². The van der Waals surface area contributed by atoms with Crippen molar-refractivity contribution in [3.8, 4) is 0 Å². The molecular formula is C13H27ClN2. The highest BCUT2D eigenvalue weighted by Gasteiger charge is 2.14. The molecule has 2 nitrogen and oxygen atoms in total. The first kappa shape index (κ1) is 14.3.